The molecule has 0 unspecified atom stereocenters. The summed E-state index contributed by atoms with van der Waals surface area (Å²) < 4.78 is 0. The van der Waals surface area contributed by atoms with Gasteiger partial charge < -0.3 is 15.6 Å². The third-order valence-electron chi connectivity index (χ3n) is 4.27. The van der Waals surface area contributed by atoms with Crippen LogP contribution >= 0.6 is 0 Å². The standard InChI is InChI=1S/C21H21N3O3/c1-14(25)15-5-4-6-17(11-15)24-21(27)12-20(26)22-10-9-16-13-23-19-8-3-2-7-18(16)19/h2-8,11,13,23H,9-10,12H2,1H3,(H,22,26)(H,24,27). The van der Waals surface area contributed by atoms with Gasteiger partial charge in [-0.05, 0) is 37.1 Å². The Bertz CT molecular complexity index is 991. The zero-order chi connectivity index (χ0) is 19.2. The van der Waals surface area contributed by atoms with Crippen molar-refractivity contribution >= 4 is 34.2 Å². The first-order valence-corrected chi connectivity index (χ1v) is 8.75. The molecule has 2 amide bonds. The number of Topliss-reactive ketones (excluding diaryl/α,β-unsaturated/α-hetero) is 1. The SMILES string of the molecule is CC(=O)c1cccc(NC(=O)CC(=O)NCCc2c[nH]c3ccccc23)c1. The van der Waals surface area contributed by atoms with Crippen LogP contribution in [-0.2, 0) is 16.0 Å². The summed E-state index contributed by atoms with van der Waals surface area (Å²) in [5.74, 6) is -0.837. The number of carbonyl (C=O) groups is 3. The first kappa shape index (κ1) is 18.4. The van der Waals surface area contributed by atoms with Gasteiger partial charge in [0.05, 0.1) is 0 Å². The van der Waals surface area contributed by atoms with Crippen molar-refractivity contribution in [3.8, 4) is 0 Å². The third-order valence-corrected chi connectivity index (χ3v) is 4.27. The van der Waals surface area contributed by atoms with E-state index in [0.717, 1.165) is 16.5 Å². The Hall–Kier alpha value is -3.41. The van der Waals surface area contributed by atoms with E-state index in [9.17, 15) is 14.4 Å². The van der Waals surface area contributed by atoms with Crippen LogP contribution < -0.4 is 10.6 Å². The minimum absolute atomic E-state index is 0.0823. The molecular weight excluding hydrogens is 342 g/mol. The van der Waals surface area contributed by atoms with Crippen LogP contribution in [0.2, 0.25) is 0 Å². The number of H-pyrrole nitrogens is 1. The fourth-order valence-corrected chi connectivity index (χ4v) is 2.90. The lowest BCUT2D eigenvalue weighted by Gasteiger charge is -2.07. The van der Waals surface area contributed by atoms with E-state index in [0.29, 0.717) is 24.2 Å². The third kappa shape index (κ3) is 4.82. The summed E-state index contributed by atoms with van der Waals surface area (Å²) in [6, 6.07) is 14.6. The van der Waals surface area contributed by atoms with E-state index in [1.54, 1.807) is 24.3 Å². The molecule has 6 nitrogen and oxygen atoms in total. The normalized spacial score (nSPS) is 10.6. The molecule has 0 aliphatic carbocycles. The Morgan fingerprint density at radius 2 is 1.81 bits per heavy atom. The summed E-state index contributed by atoms with van der Waals surface area (Å²) in [6.45, 7) is 1.91. The average Bonchev–Trinajstić information content (AvgIpc) is 3.05. The number of benzene rings is 2. The van der Waals surface area contributed by atoms with Crippen molar-refractivity contribution in [2.75, 3.05) is 11.9 Å². The summed E-state index contributed by atoms with van der Waals surface area (Å²) in [5.41, 5.74) is 3.19. The second-order valence-electron chi connectivity index (χ2n) is 6.32. The number of amides is 2. The lowest BCUT2D eigenvalue weighted by Crippen LogP contribution is -2.29. The maximum absolute atomic E-state index is 12.0. The number of aromatic nitrogens is 1. The molecule has 0 aliphatic heterocycles. The van der Waals surface area contributed by atoms with Crippen LogP contribution in [0.4, 0.5) is 5.69 Å². The highest BCUT2D eigenvalue weighted by Crippen LogP contribution is 2.17. The highest BCUT2D eigenvalue weighted by atomic mass is 16.2. The molecule has 0 bridgehead atoms. The van der Waals surface area contributed by atoms with Crippen LogP contribution in [0.5, 0.6) is 0 Å². The smallest absolute Gasteiger partial charge is 0.233 e. The molecule has 2 aromatic carbocycles. The number of para-hydroxylation sites is 1. The van der Waals surface area contributed by atoms with Crippen LogP contribution in [0.25, 0.3) is 10.9 Å². The Kier molecular flexibility index (Phi) is 5.66. The van der Waals surface area contributed by atoms with Crippen molar-refractivity contribution in [1.29, 1.82) is 0 Å². The predicted octanol–water partition coefficient (Wildman–Crippen LogP) is 3.06. The highest BCUT2D eigenvalue weighted by molar-refractivity contribution is 6.04. The maximum atomic E-state index is 12.0. The van der Waals surface area contributed by atoms with E-state index < -0.39 is 5.91 Å². The molecule has 0 atom stereocenters. The van der Waals surface area contributed by atoms with Crippen molar-refractivity contribution in [1.82, 2.24) is 10.3 Å². The van der Waals surface area contributed by atoms with Crippen molar-refractivity contribution in [3.05, 3.63) is 65.9 Å². The quantitative estimate of drug-likeness (QED) is 0.445. The monoisotopic (exact) mass is 363 g/mol. The minimum atomic E-state index is -0.416. The van der Waals surface area contributed by atoms with E-state index in [4.69, 9.17) is 0 Å². The summed E-state index contributed by atoms with van der Waals surface area (Å²) in [5, 5.41) is 6.54. The minimum Gasteiger partial charge on any atom is -0.361 e. The number of nitrogens with one attached hydrogen (secondary N) is 3. The number of rotatable bonds is 7. The van der Waals surface area contributed by atoms with Crippen molar-refractivity contribution in [2.24, 2.45) is 0 Å². The molecule has 0 saturated carbocycles. The number of hydrogen-bond donors (Lipinski definition) is 3. The van der Waals surface area contributed by atoms with Gasteiger partial charge >= 0.3 is 0 Å². The molecule has 3 rings (SSSR count). The van der Waals surface area contributed by atoms with Crippen LogP contribution in [0.3, 0.4) is 0 Å². The fraction of sp³-hybridized carbons (Fsp3) is 0.190. The number of fused-ring (bicyclic) bond motifs is 1. The summed E-state index contributed by atoms with van der Waals surface area (Å²) in [7, 11) is 0. The molecule has 0 radical (unpaired) electrons. The molecule has 1 heterocycles. The van der Waals surface area contributed by atoms with Gasteiger partial charge in [0.25, 0.3) is 0 Å². The second kappa shape index (κ2) is 8.31. The van der Waals surface area contributed by atoms with Crippen molar-refractivity contribution < 1.29 is 14.4 Å². The van der Waals surface area contributed by atoms with Gasteiger partial charge in [0.2, 0.25) is 11.8 Å². The Balaban J connectivity index is 1.47. The van der Waals surface area contributed by atoms with Gasteiger partial charge in [0, 0.05) is 34.9 Å². The van der Waals surface area contributed by atoms with Gasteiger partial charge in [-0.3, -0.25) is 14.4 Å². The Morgan fingerprint density at radius 3 is 2.63 bits per heavy atom. The van der Waals surface area contributed by atoms with Crippen LogP contribution in [0.15, 0.2) is 54.7 Å². The number of aromatic amines is 1. The Labute approximate surface area is 157 Å². The van der Waals surface area contributed by atoms with E-state index in [1.165, 1.54) is 6.92 Å². The van der Waals surface area contributed by atoms with Gasteiger partial charge in [-0.2, -0.15) is 0 Å². The predicted molar refractivity (Wildman–Crippen MR) is 105 cm³/mol. The summed E-state index contributed by atoms with van der Waals surface area (Å²) in [4.78, 5) is 38.6. The lowest BCUT2D eigenvalue weighted by molar-refractivity contribution is -0.126. The molecule has 0 aliphatic rings. The maximum Gasteiger partial charge on any atom is 0.233 e. The molecule has 1 aromatic heterocycles. The van der Waals surface area contributed by atoms with Gasteiger partial charge in [-0.1, -0.05) is 30.3 Å². The zero-order valence-electron chi connectivity index (χ0n) is 15.0. The van der Waals surface area contributed by atoms with Crippen LogP contribution in [0.1, 0.15) is 29.3 Å². The molecular formula is C21H21N3O3. The van der Waals surface area contributed by atoms with Crippen molar-refractivity contribution in [2.45, 2.75) is 19.8 Å². The zero-order valence-corrected chi connectivity index (χ0v) is 15.0. The Morgan fingerprint density at radius 1 is 1.00 bits per heavy atom. The second-order valence-corrected chi connectivity index (χ2v) is 6.32. The number of anilines is 1. The largest absolute Gasteiger partial charge is 0.361 e. The van der Waals surface area contributed by atoms with Gasteiger partial charge in [0.15, 0.2) is 5.78 Å². The fourth-order valence-electron chi connectivity index (χ4n) is 2.90. The average molecular weight is 363 g/mol. The molecule has 0 saturated heterocycles. The van der Waals surface area contributed by atoms with E-state index >= 15 is 0 Å². The lowest BCUT2D eigenvalue weighted by atomic mass is 10.1. The summed E-state index contributed by atoms with van der Waals surface area (Å²) >= 11 is 0. The number of carbonyl (C=O) groups excluding carboxylic acids is 3. The van der Waals surface area contributed by atoms with E-state index in [-0.39, 0.29) is 18.1 Å². The van der Waals surface area contributed by atoms with Gasteiger partial charge in [-0.25, -0.2) is 0 Å². The highest BCUT2D eigenvalue weighted by Gasteiger charge is 2.11. The van der Waals surface area contributed by atoms with Crippen LogP contribution in [0, 0.1) is 0 Å². The van der Waals surface area contributed by atoms with Crippen LogP contribution in [-0.4, -0.2) is 29.1 Å². The topological polar surface area (TPSA) is 91.1 Å². The van der Waals surface area contributed by atoms with Gasteiger partial charge in [-0.15, -0.1) is 0 Å². The van der Waals surface area contributed by atoms with Gasteiger partial charge in [0.1, 0.15) is 6.42 Å². The first-order valence-electron chi connectivity index (χ1n) is 8.75. The molecule has 0 fully saturated rings. The van der Waals surface area contributed by atoms with E-state index in [1.807, 2.05) is 30.5 Å². The molecule has 27 heavy (non-hydrogen) atoms. The molecule has 3 N–H and O–H groups in total. The van der Waals surface area contributed by atoms with E-state index in [2.05, 4.69) is 15.6 Å². The number of ketones is 1. The molecule has 138 valence electrons. The molecule has 6 heteroatoms. The number of hydrogen-bond acceptors (Lipinski definition) is 3. The van der Waals surface area contributed by atoms with Crippen molar-refractivity contribution in [3.63, 3.8) is 0 Å². The molecule has 3 aromatic rings. The first-order chi connectivity index (χ1) is 13.0. The summed E-state index contributed by atoms with van der Waals surface area (Å²) in [6.07, 6.45) is 2.35. The molecule has 0 spiro atoms.